The maximum atomic E-state index is 12.4. The molecule has 132 valence electrons. The molecule has 3 rings (SSSR count). The molecular formula is C18H22N4O2S. The topological polar surface area (TPSA) is 61.4 Å². The minimum absolute atomic E-state index is 0.152. The molecule has 0 fully saturated rings. The second-order valence-corrected chi connectivity index (χ2v) is 6.80. The first-order valence-electron chi connectivity index (χ1n) is 8.33. The molecule has 25 heavy (non-hydrogen) atoms. The molecule has 0 saturated heterocycles. The van der Waals surface area contributed by atoms with Crippen LogP contribution >= 0.6 is 11.3 Å². The number of rotatable bonds is 6. The summed E-state index contributed by atoms with van der Waals surface area (Å²) >= 11 is 1.52. The van der Waals surface area contributed by atoms with E-state index in [1.165, 1.54) is 11.3 Å². The lowest BCUT2D eigenvalue weighted by atomic mass is 10.3. The van der Waals surface area contributed by atoms with Crippen LogP contribution in [0.1, 0.15) is 18.3 Å². The van der Waals surface area contributed by atoms with Crippen molar-refractivity contribution in [1.82, 2.24) is 14.3 Å². The van der Waals surface area contributed by atoms with Gasteiger partial charge in [-0.15, -0.1) is 0 Å². The summed E-state index contributed by atoms with van der Waals surface area (Å²) in [6, 6.07) is 10.0. The second-order valence-electron chi connectivity index (χ2n) is 5.79. The Morgan fingerprint density at radius 3 is 2.84 bits per heavy atom. The van der Waals surface area contributed by atoms with E-state index >= 15 is 0 Å². The van der Waals surface area contributed by atoms with Crippen LogP contribution in [-0.4, -0.2) is 33.5 Å². The SMILES string of the molecule is CCOCCn1c(=NC(=O)Cn2nc(C)cc2C)sc2ccccc21. The van der Waals surface area contributed by atoms with E-state index in [4.69, 9.17) is 4.74 Å². The Kier molecular flexibility index (Phi) is 5.45. The van der Waals surface area contributed by atoms with Crippen LogP contribution in [0.15, 0.2) is 35.3 Å². The minimum Gasteiger partial charge on any atom is -0.380 e. The highest BCUT2D eigenvalue weighted by Gasteiger charge is 2.09. The van der Waals surface area contributed by atoms with Gasteiger partial charge in [-0.2, -0.15) is 10.1 Å². The zero-order valence-electron chi connectivity index (χ0n) is 14.7. The zero-order chi connectivity index (χ0) is 17.8. The molecule has 7 heteroatoms. The summed E-state index contributed by atoms with van der Waals surface area (Å²) in [5, 5.41) is 4.33. The van der Waals surface area contributed by atoms with Gasteiger partial charge in [-0.3, -0.25) is 9.48 Å². The molecule has 0 atom stereocenters. The summed E-state index contributed by atoms with van der Waals surface area (Å²) in [5.74, 6) is -0.206. The van der Waals surface area contributed by atoms with E-state index in [0.29, 0.717) is 24.6 Å². The quantitative estimate of drug-likeness (QED) is 0.637. The number of amides is 1. The van der Waals surface area contributed by atoms with Crippen molar-refractivity contribution in [2.75, 3.05) is 13.2 Å². The van der Waals surface area contributed by atoms with Crippen LogP contribution in [0.4, 0.5) is 0 Å². The molecule has 0 bridgehead atoms. The van der Waals surface area contributed by atoms with Gasteiger partial charge in [-0.05, 0) is 39.0 Å². The highest BCUT2D eigenvalue weighted by molar-refractivity contribution is 7.16. The van der Waals surface area contributed by atoms with Crippen molar-refractivity contribution < 1.29 is 9.53 Å². The van der Waals surface area contributed by atoms with Crippen molar-refractivity contribution >= 4 is 27.5 Å². The summed E-state index contributed by atoms with van der Waals surface area (Å²) in [7, 11) is 0. The molecule has 0 saturated carbocycles. The van der Waals surface area contributed by atoms with Crippen molar-refractivity contribution in [3.8, 4) is 0 Å². The number of carbonyl (C=O) groups is 1. The Bertz CT molecular complexity index is 952. The summed E-state index contributed by atoms with van der Waals surface area (Å²) in [6.07, 6.45) is 0. The van der Waals surface area contributed by atoms with Crippen LogP contribution in [0.25, 0.3) is 10.2 Å². The molecule has 0 aliphatic rings. The number of benzene rings is 1. The Labute approximate surface area is 150 Å². The maximum absolute atomic E-state index is 12.4. The van der Waals surface area contributed by atoms with Gasteiger partial charge in [-0.25, -0.2) is 0 Å². The van der Waals surface area contributed by atoms with Crippen LogP contribution in [0.3, 0.4) is 0 Å². The maximum Gasteiger partial charge on any atom is 0.270 e. The van der Waals surface area contributed by atoms with E-state index in [9.17, 15) is 4.79 Å². The molecule has 2 heterocycles. The van der Waals surface area contributed by atoms with Gasteiger partial charge in [-0.1, -0.05) is 23.5 Å². The average Bonchev–Trinajstić information content (AvgIpc) is 3.07. The third-order valence-corrected chi connectivity index (χ3v) is 4.92. The van der Waals surface area contributed by atoms with Gasteiger partial charge in [0.1, 0.15) is 6.54 Å². The van der Waals surface area contributed by atoms with Crippen LogP contribution in [0.2, 0.25) is 0 Å². The smallest absolute Gasteiger partial charge is 0.270 e. The van der Waals surface area contributed by atoms with Crippen LogP contribution in [0.5, 0.6) is 0 Å². The summed E-state index contributed by atoms with van der Waals surface area (Å²) in [4.78, 5) is 17.5. The highest BCUT2D eigenvalue weighted by atomic mass is 32.1. The van der Waals surface area contributed by atoms with E-state index in [0.717, 1.165) is 21.6 Å². The lowest BCUT2D eigenvalue weighted by Crippen LogP contribution is -2.21. The summed E-state index contributed by atoms with van der Waals surface area (Å²) in [5.41, 5.74) is 2.94. The molecule has 0 radical (unpaired) electrons. The molecule has 6 nitrogen and oxygen atoms in total. The molecule has 1 aromatic carbocycles. The first-order chi connectivity index (χ1) is 12.1. The number of ether oxygens (including phenoxy) is 1. The first-order valence-corrected chi connectivity index (χ1v) is 9.15. The van der Waals surface area contributed by atoms with Gasteiger partial charge in [0.05, 0.1) is 22.5 Å². The van der Waals surface area contributed by atoms with Gasteiger partial charge in [0, 0.05) is 18.8 Å². The lowest BCUT2D eigenvalue weighted by molar-refractivity contribution is -0.118. The van der Waals surface area contributed by atoms with Crippen LogP contribution in [-0.2, 0) is 22.6 Å². The number of aryl methyl sites for hydroxylation is 2. The number of hydrogen-bond donors (Lipinski definition) is 0. The third-order valence-electron chi connectivity index (χ3n) is 3.86. The van der Waals surface area contributed by atoms with E-state index < -0.39 is 0 Å². The van der Waals surface area contributed by atoms with Gasteiger partial charge < -0.3 is 9.30 Å². The molecule has 1 amide bonds. The second kappa shape index (κ2) is 7.76. The van der Waals surface area contributed by atoms with E-state index in [2.05, 4.69) is 14.7 Å². The molecule has 0 aliphatic carbocycles. The van der Waals surface area contributed by atoms with Crippen LogP contribution < -0.4 is 4.80 Å². The lowest BCUT2D eigenvalue weighted by Gasteiger charge is -2.05. The van der Waals surface area contributed by atoms with Gasteiger partial charge in [0.25, 0.3) is 5.91 Å². The van der Waals surface area contributed by atoms with Crippen LogP contribution in [0, 0.1) is 13.8 Å². The Balaban J connectivity index is 1.92. The van der Waals surface area contributed by atoms with Crippen molar-refractivity contribution in [1.29, 1.82) is 0 Å². The monoisotopic (exact) mass is 358 g/mol. The van der Waals surface area contributed by atoms with E-state index in [-0.39, 0.29) is 12.5 Å². The number of nitrogens with zero attached hydrogens (tertiary/aromatic N) is 4. The molecular weight excluding hydrogens is 336 g/mol. The Morgan fingerprint density at radius 1 is 1.32 bits per heavy atom. The van der Waals surface area contributed by atoms with E-state index in [1.54, 1.807) is 4.68 Å². The van der Waals surface area contributed by atoms with Crippen molar-refractivity contribution in [3.63, 3.8) is 0 Å². The predicted molar refractivity (Wildman–Crippen MR) is 98.6 cm³/mol. The van der Waals surface area contributed by atoms with Crippen molar-refractivity contribution in [2.45, 2.75) is 33.9 Å². The summed E-state index contributed by atoms with van der Waals surface area (Å²) in [6.45, 7) is 7.92. The summed E-state index contributed by atoms with van der Waals surface area (Å²) < 4.78 is 10.3. The van der Waals surface area contributed by atoms with Gasteiger partial charge >= 0.3 is 0 Å². The number of aromatic nitrogens is 3. The Morgan fingerprint density at radius 2 is 2.12 bits per heavy atom. The standard InChI is InChI=1S/C18H22N4O2S/c1-4-24-10-9-21-15-7-5-6-8-16(15)25-18(21)19-17(23)12-22-14(3)11-13(2)20-22/h5-8,11H,4,9-10,12H2,1-3H3. The normalized spacial score (nSPS) is 12.2. The fourth-order valence-corrected chi connectivity index (χ4v) is 3.80. The molecule has 0 unspecified atom stereocenters. The predicted octanol–water partition coefficient (Wildman–Crippen LogP) is 2.68. The zero-order valence-corrected chi connectivity index (χ0v) is 15.5. The first kappa shape index (κ1) is 17.6. The molecule has 0 spiro atoms. The van der Waals surface area contributed by atoms with Gasteiger partial charge in [0.15, 0.2) is 4.80 Å². The largest absolute Gasteiger partial charge is 0.380 e. The highest BCUT2D eigenvalue weighted by Crippen LogP contribution is 2.16. The third kappa shape index (κ3) is 4.05. The molecule has 0 N–H and O–H groups in total. The minimum atomic E-state index is -0.206. The number of hydrogen-bond acceptors (Lipinski definition) is 4. The number of fused-ring (bicyclic) bond motifs is 1. The molecule has 0 aliphatic heterocycles. The fraction of sp³-hybridized carbons (Fsp3) is 0.389. The number of carbonyl (C=O) groups excluding carboxylic acids is 1. The number of para-hydroxylation sites is 1. The van der Waals surface area contributed by atoms with Crippen molar-refractivity contribution in [2.24, 2.45) is 4.99 Å². The molecule has 2 aromatic heterocycles. The van der Waals surface area contributed by atoms with Gasteiger partial charge in [0.2, 0.25) is 0 Å². The average molecular weight is 358 g/mol. The Hall–Kier alpha value is -2.25. The molecule has 3 aromatic rings. The number of thiazole rings is 1. The van der Waals surface area contributed by atoms with E-state index in [1.807, 2.05) is 51.1 Å². The van der Waals surface area contributed by atoms with Crippen molar-refractivity contribution in [3.05, 3.63) is 46.5 Å². The fourth-order valence-electron chi connectivity index (χ4n) is 2.73.